The quantitative estimate of drug-likeness (QED) is 0.377. The molecule has 0 aliphatic carbocycles. The smallest absolute Gasteiger partial charge is 0.269 e. The highest BCUT2D eigenvalue weighted by Crippen LogP contribution is 2.26. The van der Waals surface area contributed by atoms with E-state index in [2.05, 4.69) is 10.4 Å². The van der Waals surface area contributed by atoms with Gasteiger partial charge in [-0.3, -0.25) is 10.1 Å². The summed E-state index contributed by atoms with van der Waals surface area (Å²) in [7, 11) is 0. The Hall–Kier alpha value is -2.12. The first kappa shape index (κ1) is 13.3. The summed E-state index contributed by atoms with van der Waals surface area (Å²) in [6.45, 7) is 0. The number of benzene rings is 1. The van der Waals surface area contributed by atoms with Gasteiger partial charge in [0.2, 0.25) is 0 Å². The second-order valence-corrected chi connectivity index (χ2v) is 4.74. The third kappa shape index (κ3) is 3.43. The van der Waals surface area contributed by atoms with Gasteiger partial charge in [-0.15, -0.1) is 11.8 Å². The average Bonchev–Trinajstić information content (AvgIpc) is 2.45. The summed E-state index contributed by atoms with van der Waals surface area (Å²) >= 11 is 1.57. The number of thioether (sulfide) groups is 1. The zero-order chi connectivity index (χ0) is 13.7. The van der Waals surface area contributed by atoms with E-state index in [1.807, 2.05) is 12.1 Å². The van der Waals surface area contributed by atoms with Crippen LogP contribution in [0.3, 0.4) is 0 Å². The van der Waals surface area contributed by atoms with Crippen LogP contribution in [0.5, 0.6) is 0 Å². The van der Waals surface area contributed by atoms with Crippen LogP contribution in [-0.4, -0.2) is 9.91 Å². The van der Waals surface area contributed by atoms with E-state index in [0.29, 0.717) is 11.6 Å². The first-order valence-corrected chi connectivity index (χ1v) is 6.47. The maximum Gasteiger partial charge on any atom is 0.269 e. The molecule has 19 heavy (non-hydrogen) atoms. The van der Waals surface area contributed by atoms with Crippen molar-refractivity contribution >= 4 is 23.3 Å². The monoisotopic (exact) mass is 276 g/mol. The van der Waals surface area contributed by atoms with Gasteiger partial charge in [0, 0.05) is 34.5 Å². The van der Waals surface area contributed by atoms with Crippen LogP contribution in [0.25, 0.3) is 0 Å². The minimum atomic E-state index is -0.411. The normalized spacial score (nSPS) is 10.2. The van der Waals surface area contributed by atoms with Gasteiger partial charge in [-0.25, -0.2) is 10.8 Å². The number of nitrogens with zero attached hydrogens (tertiary/aromatic N) is 2. The molecular formula is C12H12N4O2S. The van der Waals surface area contributed by atoms with Gasteiger partial charge in [-0.05, 0) is 18.2 Å². The molecule has 6 nitrogen and oxygen atoms in total. The predicted octanol–water partition coefficient (Wildman–Crippen LogP) is 2.57. The van der Waals surface area contributed by atoms with Crippen molar-refractivity contribution in [2.45, 2.75) is 10.6 Å². The SMILES string of the molecule is NNc1ncccc1CSc1ccc([N+](=O)[O-])cc1. The highest BCUT2D eigenvalue weighted by atomic mass is 32.2. The van der Waals surface area contributed by atoms with Crippen molar-refractivity contribution in [3.8, 4) is 0 Å². The molecule has 0 saturated carbocycles. The third-order valence-electron chi connectivity index (χ3n) is 2.47. The van der Waals surface area contributed by atoms with Gasteiger partial charge >= 0.3 is 0 Å². The lowest BCUT2D eigenvalue weighted by Gasteiger charge is -2.06. The van der Waals surface area contributed by atoms with Crippen LogP contribution in [0.15, 0.2) is 47.5 Å². The Morgan fingerprint density at radius 3 is 2.68 bits per heavy atom. The maximum absolute atomic E-state index is 10.5. The Kier molecular flexibility index (Phi) is 4.32. The fourth-order valence-electron chi connectivity index (χ4n) is 1.51. The van der Waals surface area contributed by atoms with Gasteiger partial charge in [0.25, 0.3) is 5.69 Å². The molecule has 2 rings (SSSR count). The first-order chi connectivity index (χ1) is 9.20. The molecule has 0 saturated heterocycles. The molecule has 98 valence electrons. The highest BCUT2D eigenvalue weighted by molar-refractivity contribution is 7.98. The van der Waals surface area contributed by atoms with Crippen LogP contribution < -0.4 is 11.3 Å². The van der Waals surface area contributed by atoms with Crippen molar-refractivity contribution in [3.63, 3.8) is 0 Å². The summed E-state index contributed by atoms with van der Waals surface area (Å²) in [6, 6.07) is 10.2. The van der Waals surface area contributed by atoms with E-state index in [4.69, 9.17) is 5.84 Å². The fourth-order valence-corrected chi connectivity index (χ4v) is 2.39. The van der Waals surface area contributed by atoms with Crippen LogP contribution in [0.1, 0.15) is 5.56 Å². The van der Waals surface area contributed by atoms with Gasteiger partial charge in [0.15, 0.2) is 0 Å². The van der Waals surface area contributed by atoms with E-state index in [1.54, 1.807) is 30.1 Å². The number of hydrazine groups is 1. The topological polar surface area (TPSA) is 94.1 Å². The van der Waals surface area contributed by atoms with Crippen molar-refractivity contribution in [1.82, 2.24) is 4.98 Å². The molecule has 0 bridgehead atoms. The number of nitro benzene ring substituents is 1. The molecule has 1 aromatic carbocycles. The van der Waals surface area contributed by atoms with Gasteiger partial charge in [-0.1, -0.05) is 6.07 Å². The number of non-ortho nitro benzene ring substituents is 1. The highest BCUT2D eigenvalue weighted by Gasteiger charge is 2.06. The molecule has 3 N–H and O–H groups in total. The summed E-state index contributed by atoms with van der Waals surface area (Å²) in [6.07, 6.45) is 1.66. The molecule has 0 aliphatic rings. The van der Waals surface area contributed by atoms with E-state index < -0.39 is 4.92 Å². The Labute approximate surface area is 114 Å². The van der Waals surface area contributed by atoms with E-state index in [-0.39, 0.29) is 5.69 Å². The van der Waals surface area contributed by atoms with Gasteiger partial charge in [0.1, 0.15) is 5.82 Å². The summed E-state index contributed by atoms with van der Waals surface area (Å²) in [4.78, 5) is 15.2. The minimum absolute atomic E-state index is 0.0926. The van der Waals surface area contributed by atoms with Gasteiger partial charge < -0.3 is 5.43 Å². The number of rotatable bonds is 5. The number of nitrogens with two attached hydrogens (primary N) is 1. The Balaban J connectivity index is 2.04. The van der Waals surface area contributed by atoms with Gasteiger partial charge in [-0.2, -0.15) is 0 Å². The van der Waals surface area contributed by atoms with E-state index in [1.165, 1.54) is 12.1 Å². The second kappa shape index (κ2) is 6.17. The third-order valence-corrected chi connectivity index (χ3v) is 3.53. The number of nitro groups is 1. The Bertz CT molecular complexity index is 574. The first-order valence-electron chi connectivity index (χ1n) is 5.48. The number of pyridine rings is 1. The standard InChI is InChI=1S/C12H12N4O2S/c13-15-12-9(2-1-7-14-12)8-19-11-5-3-10(4-6-11)16(17)18/h1-7H,8,13H2,(H,14,15). The summed E-state index contributed by atoms with van der Waals surface area (Å²) in [5, 5.41) is 10.5. The molecule has 2 aromatic rings. The summed E-state index contributed by atoms with van der Waals surface area (Å²) in [5.41, 5.74) is 3.61. The number of hydrogen-bond acceptors (Lipinski definition) is 6. The minimum Gasteiger partial charge on any atom is -0.308 e. The number of anilines is 1. The largest absolute Gasteiger partial charge is 0.308 e. The van der Waals surface area contributed by atoms with Crippen LogP contribution in [0.4, 0.5) is 11.5 Å². The lowest BCUT2D eigenvalue weighted by atomic mass is 10.3. The maximum atomic E-state index is 10.5. The summed E-state index contributed by atoms with van der Waals surface area (Å²) < 4.78 is 0. The number of hydrogen-bond donors (Lipinski definition) is 2. The zero-order valence-corrected chi connectivity index (χ0v) is 10.8. The van der Waals surface area contributed by atoms with Crippen molar-refractivity contribution in [2.24, 2.45) is 5.84 Å². The van der Waals surface area contributed by atoms with Crippen molar-refractivity contribution in [3.05, 3.63) is 58.3 Å². The van der Waals surface area contributed by atoms with E-state index in [0.717, 1.165) is 10.5 Å². The lowest BCUT2D eigenvalue weighted by molar-refractivity contribution is -0.384. The van der Waals surface area contributed by atoms with Gasteiger partial charge in [0.05, 0.1) is 4.92 Å². The molecular weight excluding hydrogens is 264 g/mol. The van der Waals surface area contributed by atoms with Crippen LogP contribution in [-0.2, 0) is 5.75 Å². The van der Waals surface area contributed by atoms with Crippen LogP contribution in [0.2, 0.25) is 0 Å². The molecule has 0 unspecified atom stereocenters. The van der Waals surface area contributed by atoms with Crippen LogP contribution in [0, 0.1) is 10.1 Å². The second-order valence-electron chi connectivity index (χ2n) is 3.70. The zero-order valence-electron chi connectivity index (χ0n) is 9.95. The fraction of sp³-hybridized carbons (Fsp3) is 0.0833. The Morgan fingerprint density at radius 2 is 2.05 bits per heavy atom. The molecule has 7 heteroatoms. The molecule has 0 radical (unpaired) electrons. The number of nitrogen functional groups attached to an aromatic ring is 1. The molecule has 0 spiro atoms. The van der Waals surface area contributed by atoms with Crippen molar-refractivity contribution < 1.29 is 4.92 Å². The lowest BCUT2D eigenvalue weighted by Crippen LogP contribution is -2.10. The average molecular weight is 276 g/mol. The predicted molar refractivity (Wildman–Crippen MR) is 74.7 cm³/mol. The van der Waals surface area contributed by atoms with Crippen LogP contribution >= 0.6 is 11.8 Å². The molecule has 0 aliphatic heterocycles. The number of nitrogens with one attached hydrogen (secondary N) is 1. The molecule has 0 amide bonds. The number of aromatic nitrogens is 1. The van der Waals surface area contributed by atoms with E-state index in [9.17, 15) is 10.1 Å². The summed E-state index contributed by atoms with van der Waals surface area (Å²) in [5.74, 6) is 6.70. The molecule has 0 atom stereocenters. The van der Waals surface area contributed by atoms with Crippen molar-refractivity contribution in [1.29, 1.82) is 0 Å². The Morgan fingerprint density at radius 1 is 1.32 bits per heavy atom. The van der Waals surface area contributed by atoms with Crippen molar-refractivity contribution in [2.75, 3.05) is 5.43 Å². The molecule has 1 aromatic heterocycles. The molecule has 0 fully saturated rings. The molecule has 1 heterocycles. The van der Waals surface area contributed by atoms with E-state index >= 15 is 0 Å².